The van der Waals surface area contributed by atoms with Gasteiger partial charge in [-0.2, -0.15) is 0 Å². The Labute approximate surface area is 150 Å². The molecule has 2 rings (SSSR count). The molecule has 24 heavy (non-hydrogen) atoms. The van der Waals surface area contributed by atoms with E-state index in [1.54, 1.807) is 18.4 Å². The predicted octanol–water partition coefficient (Wildman–Crippen LogP) is 3.87. The van der Waals surface area contributed by atoms with Crippen LogP contribution in [0.4, 0.5) is 5.00 Å². The molecule has 1 atom stereocenters. The smallest absolute Gasteiger partial charge is 0.341 e. The van der Waals surface area contributed by atoms with E-state index in [1.165, 1.54) is 11.3 Å². The summed E-state index contributed by atoms with van der Waals surface area (Å²) in [6, 6.07) is 9.09. The Morgan fingerprint density at radius 3 is 2.62 bits per heavy atom. The minimum atomic E-state index is -0.434. The van der Waals surface area contributed by atoms with Gasteiger partial charge in [-0.15, -0.1) is 11.3 Å². The Balaban J connectivity index is 1.89. The second kappa shape index (κ2) is 8.82. The van der Waals surface area contributed by atoms with E-state index in [2.05, 4.69) is 10.6 Å². The second-order valence-corrected chi connectivity index (χ2v) is 6.44. The molecule has 0 unspecified atom stereocenters. The van der Waals surface area contributed by atoms with E-state index in [0.29, 0.717) is 22.2 Å². The van der Waals surface area contributed by atoms with Gasteiger partial charge in [0, 0.05) is 11.1 Å². The van der Waals surface area contributed by atoms with Crippen molar-refractivity contribution in [3.63, 3.8) is 0 Å². The number of anilines is 1. The lowest BCUT2D eigenvalue weighted by Crippen LogP contribution is -2.30. The lowest BCUT2D eigenvalue weighted by atomic mass is 10.1. The number of ether oxygens (including phenoxy) is 1. The van der Waals surface area contributed by atoms with E-state index < -0.39 is 5.97 Å². The maximum Gasteiger partial charge on any atom is 0.341 e. The van der Waals surface area contributed by atoms with Gasteiger partial charge in [-0.05, 0) is 43.0 Å². The summed E-state index contributed by atoms with van der Waals surface area (Å²) < 4.78 is 4.96. The maximum atomic E-state index is 12.1. The van der Waals surface area contributed by atoms with E-state index >= 15 is 0 Å². The number of carbonyl (C=O) groups is 2. The molecule has 0 fully saturated rings. The van der Waals surface area contributed by atoms with Crippen molar-refractivity contribution in [3.8, 4) is 0 Å². The number of rotatable bonds is 7. The molecule has 0 radical (unpaired) electrons. The molecule has 0 aliphatic carbocycles. The van der Waals surface area contributed by atoms with E-state index in [1.807, 2.05) is 31.2 Å². The highest BCUT2D eigenvalue weighted by Gasteiger charge is 2.16. The molecule has 2 N–H and O–H groups in total. The third kappa shape index (κ3) is 5.06. The van der Waals surface area contributed by atoms with Crippen molar-refractivity contribution in [2.75, 3.05) is 18.5 Å². The zero-order chi connectivity index (χ0) is 17.5. The first-order valence-corrected chi connectivity index (χ1v) is 8.80. The van der Waals surface area contributed by atoms with Crippen LogP contribution in [0.15, 0.2) is 35.7 Å². The molecule has 7 heteroatoms. The van der Waals surface area contributed by atoms with Gasteiger partial charge in [0.1, 0.15) is 5.00 Å². The first-order valence-electron chi connectivity index (χ1n) is 7.54. The van der Waals surface area contributed by atoms with E-state index in [9.17, 15) is 9.59 Å². The molecule has 1 aromatic carbocycles. The zero-order valence-corrected chi connectivity index (χ0v) is 15.0. The largest absolute Gasteiger partial charge is 0.462 e. The highest BCUT2D eigenvalue weighted by atomic mass is 35.5. The van der Waals surface area contributed by atoms with Crippen LogP contribution >= 0.6 is 22.9 Å². The summed E-state index contributed by atoms with van der Waals surface area (Å²) in [5.74, 6) is -0.652. The van der Waals surface area contributed by atoms with Gasteiger partial charge >= 0.3 is 5.97 Å². The number of hydrogen-bond acceptors (Lipinski definition) is 5. The van der Waals surface area contributed by atoms with Crippen molar-refractivity contribution in [2.45, 2.75) is 19.9 Å². The molecule has 2 aromatic rings. The average Bonchev–Trinajstić information content (AvgIpc) is 3.01. The highest BCUT2D eigenvalue weighted by molar-refractivity contribution is 7.14. The van der Waals surface area contributed by atoms with Crippen molar-refractivity contribution in [2.24, 2.45) is 0 Å². The summed E-state index contributed by atoms with van der Waals surface area (Å²) in [6.45, 7) is 4.13. The van der Waals surface area contributed by atoms with Crippen LogP contribution in [0, 0.1) is 0 Å². The fourth-order valence-electron chi connectivity index (χ4n) is 2.06. The monoisotopic (exact) mass is 366 g/mol. The maximum absolute atomic E-state index is 12.1. The Morgan fingerprint density at radius 2 is 1.96 bits per heavy atom. The molecule has 0 bridgehead atoms. The number of carbonyl (C=O) groups excluding carboxylic acids is 2. The minimum absolute atomic E-state index is 0.000814. The number of halogens is 1. The molecule has 1 aromatic heterocycles. The summed E-state index contributed by atoms with van der Waals surface area (Å²) in [5, 5.41) is 8.79. The van der Waals surface area contributed by atoms with Gasteiger partial charge in [0.25, 0.3) is 0 Å². The summed E-state index contributed by atoms with van der Waals surface area (Å²) in [7, 11) is 0. The Morgan fingerprint density at radius 1 is 1.25 bits per heavy atom. The van der Waals surface area contributed by atoms with Crippen LogP contribution in [-0.4, -0.2) is 25.0 Å². The number of nitrogens with one attached hydrogen (secondary N) is 2. The summed E-state index contributed by atoms with van der Waals surface area (Å²) in [4.78, 5) is 23.9. The van der Waals surface area contributed by atoms with Gasteiger partial charge in [0.2, 0.25) is 5.91 Å². The third-order valence-electron chi connectivity index (χ3n) is 3.35. The lowest BCUT2D eigenvalue weighted by molar-refractivity contribution is -0.115. The Kier molecular flexibility index (Phi) is 6.78. The average molecular weight is 367 g/mol. The van der Waals surface area contributed by atoms with Gasteiger partial charge in [0.15, 0.2) is 0 Å². The first kappa shape index (κ1) is 18.4. The number of esters is 1. The van der Waals surface area contributed by atoms with Crippen molar-refractivity contribution in [1.29, 1.82) is 0 Å². The molecule has 128 valence electrons. The molecule has 0 saturated heterocycles. The van der Waals surface area contributed by atoms with Gasteiger partial charge < -0.3 is 15.4 Å². The van der Waals surface area contributed by atoms with Gasteiger partial charge in [-0.1, -0.05) is 23.7 Å². The summed E-state index contributed by atoms with van der Waals surface area (Å²) in [5.41, 5.74) is 1.41. The van der Waals surface area contributed by atoms with Crippen LogP contribution in [0.5, 0.6) is 0 Å². The number of thiophene rings is 1. The van der Waals surface area contributed by atoms with Crippen molar-refractivity contribution in [3.05, 3.63) is 51.9 Å². The molecule has 0 aliphatic rings. The van der Waals surface area contributed by atoms with Crippen LogP contribution in [0.3, 0.4) is 0 Å². The van der Waals surface area contributed by atoms with Crippen molar-refractivity contribution < 1.29 is 14.3 Å². The van der Waals surface area contributed by atoms with Gasteiger partial charge in [0.05, 0.1) is 18.7 Å². The zero-order valence-electron chi connectivity index (χ0n) is 13.5. The number of amides is 1. The van der Waals surface area contributed by atoms with E-state index in [0.717, 1.165) is 5.56 Å². The van der Waals surface area contributed by atoms with E-state index in [-0.39, 0.29) is 18.5 Å². The van der Waals surface area contributed by atoms with Crippen molar-refractivity contribution >= 4 is 39.8 Å². The summed E-state index contributed by atoms with van der Waals surface area (Å²) in [6.07, 6.45) is 0. The number of benzene rings is 1. The Hall–Kier alpha value is -1.89. The van der Waals surface area contributed by atoms with Crippen LogP contribution in [-0.2, 0) is 9.53 Å². The van der Waals surface area contributed by atoms with E-state index in [4.69, 9.17) is 16.3 Å². The fraction of sp³-hybridized carbons (Fsp3) is 0.294. The third-order valence-corrected chi connectivity index (χ3v) is 4.43. The molecular weight excluding hydrogens is 348 g/mol. The predicted molar refractivity (Wildman–Crippen MR) is 96.8 cm³/mol. The molecular formula is C17H19ClN2O3S. The standard InChI is InChI=1S/C17H19ClN2O3S/c1-3-23-17(22)14-8-9-24-16(14)20-15(21)10-19-11(2)12-4-6-13(18)7-5-12/h4-9,11,19H,3,10H2,1-2H3,(H,20,21)/t11-/m0/s1. The first-order chi connectivity index (χ1) is 11.5. The van der Waals surface area contributed by atoms with Crippen molar-refractivity contribution in [1.82, 2.24) is 5.32 Å². The number of hydrogen-bond donors (Lipinski definition) is 2. The topological polar surface area (TPSA) is 67.4 Å². The molecule has 0 aliphatic heterocycles. The lowest BCUT2D eigenvalue weighted by Gasteiger charge is -2.14. The van der Waals surface area contributed by atoms with Gasteiger partial charge in [-0.3, -0.25) is 4.79 Å². The van der Waals surface area contributed by atoms with Crippen LogP contribution in [0.25, 0.3) is 0 Å². The van der Waals surface area contributed by atoms with Gasteiger partial charge in [-0.25, -0.2) is 4.79 Å². The molecule has 0 saturated carbocycles. The molecule has 0 spiro atoms. The quantitative estimate of drug-likeness (QED) is 0.730. The van der Waals surface area contributed by atoms with Crippen LogP contribution in [0.1, 0.15) is 35.8 Å². The molecule has 5 nitrogen and oxygen atoms in total. The van der Waals surface area contributed by atoms with Crippen LogP contribution < -0.4 is 10.6 Å². The Bertz CT molecular complexity index is 700. The normalized spacial score (nSPS) is 11.8. The minimum Gasteiger partial charge on any atom is -0.462 e. The second-order valence-electron chi connectivity index (χ2n) is 5.09. The highest BCUT2D eigenvalue weighted by Crippen LogP contribution is 2.24. The SMILES string of the molecule is CCOC(=O)c1ccsc1NC(=O)CN[C@@H](C)c1ccc(Cl)cc1. The molecule has 1 heterocycles. The fourth-order valence-corrected chi connectivity index (χ4v) is 2.98. The van der Waals surface area contributed by atoms with Crippen LogP contribution in [0.2, 0.25) is 5.02 Å². The molecule has 1 amide bonds. The summed E-state index contributed by atoms with van der Waals surface area (Å²) >= 11 is 7.15.